The van der Waals surface area contributed by atoms with Crippen LogP contribution in [0.25, 0.3) is 11.3 Å². The van der Waals surface area contributed by atoms with E-state index in [1.165, 1.54) is 13.1 Å². The van der Waals surface area contributed by atoms with Crippen LogP contribution < -0.4 is 10.2 Å². The van der Waals surface area contributed by atoms with Crippen LogP contribution in [0.5, 0.6) is 0 Å². The number of nitrogens with zero attached hydrogens (tertiary/aromatic N) is 3. The molecule has 8 heteroatoms. The second-order valence-electron chi connectivity index (χ2n) is 7.00. The average molecular weight is 424 g/mol. The Morgan fingerprint density at radius 2 is 1.94 bits per heavy atom. The number of aromatic nitrogens is 2. The molecule has 0 atom stereocenters. The molecule has 0 bridgehead atoms. The molecule has 6 nitrogen and oxygen atoms in total. The van der Waals surface area contributed by atoms with E-state index in [0.717, 1.165) is 16.0 Å². The van der Waals surface area contributed by atoms with Crippen LogP contribution in [0.4, 0.5) is 14.5 Å². The fourth-order valence-electron chi connectivity index (χ4n) is 3.14. The van der Waals surface area contributed by atoms with Crippen molar-refractivity contribution >= 4 is 17.5 Å². The molecule has 0 aliphatic carbocycles. The summed E-state index contributed by atoms with van der Waals surface area (Å²) in [5.74, 6) is -0.700. The number of amides is 2. The van der Waals surface area contributed by atoms with Crippen molar-refractivity contribution in [2.75, 3.05) is 11.4 Å². The van der Waals surface area contributed by atoms with Crippen LogP contribution in [0.15, 0.2) is 61.1 Å². The van der Waals surface area contributed by atoms with Gasteiger partial charge in [-0.2, -0.15) is 0 Å². The van der Waals surface area contributed by atoms with Gasteiger partial charge < -0.3 is 10.2 Å². The normalized spacial score (nSPS) is 10.7. The SMILES string of the molecule is CC(=O)N(CC(F)F)c1ccc(-c2ccc(C(=O)NCc3cccnc3)cn2)cc1C. The maximum atomic E-state index is 12.8. The average Bonchev–Trinajstić information content (AvgIpc) is 2.76. The number of rotatable bonds is 7. The number of pyridine rings is 2. The number of hydrogen-bond donors (Lipinski definition) is 1. The van der Waals surface area contributed by atoms with E-state index in [1.54, 1.807) is 55.7 Å². The molecule has 3 rings (SSSR count). The predicted molar refractivity (Wildman–Crippen MR) is 114 cm³/mol. The van der Waals surface area contributed by atoms with E-state index in [2.05, 4.69) is 15.3 Å². The Labute approximate surface area is 179 Å². The molecule has 0 radical (unpaired) electrons. The summed E-state index contributed by atoms with van der Waals surface area (Å²) < 4.78 is 25.6. The molecule has 160 valence electrons. The quantitative estimate of drug-likeness (QED) is 0.622. The van der Waals surface area contributed by atoms with Crippen LogP contribution in [0.3, 0.4) is 0 Å². The molecule has 2 heterocycles. The number of hydrogen-bond acceptors (Lipinski definition) is 4. The highest BCUT2D eigenvalue weighted by molar-refractivity contribution is 5.94. The number of aryl methyl sites for hydroxylation is 1. The number of carbonyl (C=O) groups excluding carboxylic acids is 2. The molecule has 31 heavy (non-hydrogen) atoms. The van der Waals surface area contributed by atoms with Gasteiger partial charge in [0.05, 0.1) is 17.8 Å². The van der Waals surface area contributed by atoms with Gasteiger partial charge in [-0.3, -0.25) is 19.6 Å². The van der Waals surface area contributed by atoms with Gasteiger partial charge in [0, 0.05) is 43.3 Å². The van der Waals surface area contributed by atoms with E-state index in [0.29, 0.717) is 29.1 Å². The Kier molecular flexibility index (Phi) is 7.02. The molecule has 2 aromatic heterocycles. The van der Waals surface area contributed by atoms with Gasteiger partial charge >= 0.3 is 0 Å². The molecule has 0 saturated carbocycles. The third-order valence-corrected chi connectivity index (χ3v) is 4.69. The summed E-state index contributed by atoms with van der Waals surface area (Å²) in [6.07, 6.45) is 2.21. The van der Waals surface area contributed by atoms with Crippen LogP contribution in [0.1, 0.15) is 28.4 Å². The largest absolute Gasteiger partial charge is 0.348 e. The van der Waals surface area contributed by atoms with Crippen molar-refractivity contribution in [3.05, 3.63) is 77.7 Å². The lowest BCUT2D eigenvalue weighted by Gasteiger charge is -2.23. The van der Waals surface area contributed by atoms with E-state index < -0.39 is 18.9 Å². The van der Waals surface area contributed by atoms with E-state index in [-0.39, 0.29) is 5.91 Å². The number of carbonyl (C=O) groups is 2. The Hall–Kier alpha value is -3.68. The molecule has 1 aromatic carbocycles. The van der Waals surface area contributed by atoms with Gasteiger partial charge in [0.25, 0.3) is 12.3 Å². The summed E-state index contributed by atoms with van der Waals surface area (Å²) in [7, 11) is 0. The molecule has 0 unspecified atom stereocenters. The number of benzene rings is 1. The molecular formula is C23H22F2N4O2. The zero-order chi connectivity index (χ0) is 22.4. The van der Waals surface area contributed by atoms with E-state index >= 15 is 0 Å². The third-order valence-electron chi connectivity index (χ3n) is 4.69. The van der Waals surface area contributed by atoms with Gasteiger partial charge in [-0.1, -0.05) is 12.1 Å². The van der Waals surface area contributed by atoms with Gasteiger partial charge in [-0.15, -0.1) is 0 Å². The lowest BCUT2D eigenvalue weighted by molar-refractivity contribution is -0.117. The Bertz CT molecular complexity index is 1060. The minimum Gasteiger partial charge on any atom is -0.348 e. The molecule has 2 amide bonds. The number of halogens is 2. The minimum absolute atomic E-state index is 0.251. The zero-order valence-corrected chi connectivity index (χ0v) is 17.2. The lowest BCUT2D eigenvalue weighted by atomic mass is 10.0. The molecule has 0 spiro atoms. The van der Waals surface area contributed by atoms with Gasteiger partial charge in [-0.25, -0.2) is 8.78 Å². The van der Waals surface area contributed by atoms with Crippen molar-refractivity contribution in [1.29, 1.82) is 0 Å². The first-order chi connectivity index (χ1) is 14.8. The first-order valence-corrected chi connectivity index (χ1v) is 9.65. The summed E-state index contributed by atoms with van der Waals surface area (Å²) >= 11 is 0. The van der Waals surface area contributed by atoms with Crippen molar-refractivity contribution in [3.8, 4) is 11.3 Å². The van der Waals surface area contributed by atoms with E-state index in [4.69, 9.17) is 0 Å². The minimum atomic E-state index is -2.62. The van der Waals surface area contributed by atoms with Crippen molar-refractivity contribution < 1.29 is 18.4 Å². The van der Waals surface area contributed by atoms with Crippen LogP contribution in [0, 0.1) is 6.92 Å². The van der Waals surface area contributed by atoms with Crippen molar-refractivity contribution in [3.63, 3.8) is 0 Å². The van der Waals surface area contributed by atoms with Crippen LogP contribution >= 0.6 is 0 Å². The number of anilines is 1. The van der Waals surface area contributed by atoms with Crippen LogP contribution in [0.2, 0.25) is 0 Å². The lowest BCUT2D eigenvalue weighted by Crippen LogP contribution is -2.33. The first-order valence-electron chi connectivity index (χ1n) is 9.65. The smallest absolute Gasteiger partial charge is 0.256 e. The number of nitrogens with one attached hydrogen (secondary N) is 1. The Morgan fingerprint density at radius 1 is 1.13 bits per heavy atom. The van der Waals surface area contributed by atoms with Gasteiger partial charge in [-0.05, 0) is 48.4 Å². The Morgan fingerprint density at radius 3 is 2.52 bits per heavy atom. The second-order valence-corrected chi connectivity index (χ2v) is 7.00. The standard InChI is InChI=1S/C23H22F2N4O2/c1-15-10-18(6-8-21(15)29(16(2)30)14-22(24)25)20-7-5-19(13-27-20)23(31)28-12-17-4-3-9-26-11-17/h3-11,13,22H,12,14H2,1-2H3,(H,28,31). The van der Waals surface area contributed by atoms with Crippen LogP contribution in [-0.2, 0) is 11.3 Å². The Balaban J connectivity index is 1.72. The molecular weight excluding hydrogens is 402 g/mol. The topological polar surface area (TPSA) is 75.2 Å². The van der Waals surface area contributed by atoms with Gasteiger partial charge in [0.2, 0.25) is 5.91 Å². The molecule has 0 aliphatic heterocycles. The van der Waals surface area contributed by atoms with Crippen molar-refractivity contribution in [2.24, 2.45) is 0 Å². The first kappa shape index (κ1) is 22.0. The monoisotopic (exact) mass is 424 g/mol. The fourth-order valence-corrected chi connectivity index (χ4v) is 3.14. The predicted octanol–water partition coefficient (Wildman–Crippen LogP) is 4.00. The highest BCUT2D eigenvalue weighted by atomic mass is 19.3. The summed E-state index contributed by atoms with van der Waals surface area (Å²) in [6.45, 7) is 2.72. The summed E-state index contributed by atoms with van der Waals surface area (Å²) in [5.41, 5.74) is 3.80. The summed E-state index contributed by atoms with van der Waals surface area (Å²) in [5, 5.41) is 2.81. The maximum absolute atomic E-state index is 12.8. The van der Waals surface area contributed by atoms with Crippen molar-refractivity contribution in [2.45, 2.75) is 26.8 Å². The summed E-state index contributed by atoms with van der Waals surface area (Å²) in [6, 6.07) is 12.2. The third kappa shape index (κ3) is 5.69. The van der Waals surface area contributed by atoms with Crippen LogP contribution in [-0.4, -0.2) is 34.8 Å². The molecule has 1 N–H and O–H groups in total. The summed E-state index contributed by atoms with van der Waals surface area (Å²) in [4.78, 5) is 33.5. The molecule has 0 saturated heterocycles. The molecule has 0 aliphatic rings. The molecule has 3 aromatic rings. The second kappa shape index (κ2) is 9.88. The highest BCUT2D eigenvalue weighted by Crippen LogP contribution is 2.27. The molecule has 0 fully saturated rings. The number of alkyl halides is 2. The highest BCUT2D eigenvalue weighted by Gasteiger charge is 2.19. The maximum Gasteiger partial charge on any atom is 0.256 e. The van der Waals surface area contributed by atoms with Gasteiger partial charge in [0.1, 0.15) is 0 Å². The van der Waals surface area contributed by atoms with E-state index in [9.17, 15) is 18.4 Å². The van der Waals surface area contributed by atoms with E-state index in [1.807, 2.05) is 6.07 Å². The fraction of sp³-hybridized carbons (Fsp3) is 0.217. The van der Waals surface area contributed by atoms with Gasteiger partial charge in [0.15, 0.2) is 0 Å². The van der Waals surface area contributed by atoms with Crippen molar-refractivity contribution in [1.82, 2.24) is 15.3 Å². The zero-order valence-electron chi connectivity index (χ0n) is 17.2.